The van der Waals surface area contributed by atoms with E-state index in [-0.39, 0.29) is 0 Å². The van der Waals surface area contributed by atoms with Gasteiger partial charge in [0.15, 0.2) is 0 Å². The molecule has 1 aliphatic carbocycles. The summed E-state index contributed by atoms with van der Waals surface area (Å²) in [5.74, 6) is 0. The molecule has 5 nitrogen and oxygen atoms in total. The highest BCUT2D eigenvalue weighted by atomic mass is 35.5. The van der Waals surface area contributed by atoms with E-state index in [0.29, 0.717) is 0 Å². The predicted octanol–water partition coefficient (Wildman–Crippen LogP) is 8.09. The molecule has 0 saturated heterocycles. The number of benzene rings is 4. The maximum Gasteiger partial charge on any atom is 0.0900 e. The van der Waals surface area contributed by atoms with Gasteiger partial charge < -0.3 is 14.8 Å². The smallest absolute Gasteiger partial charge is 0.0900 e. The van der Waals surface area contributed by atoms with Gasteiger partial charge in [-0.2, -0.15) is 0 Å². The molecule has 0 bridgehead atoms. The highest BCUT2D eigenvalue weighted by Gasteiger charge is 2.17. The molecule has 206 valence electrons. The molecular weight excluding hydrogens is 514 g/mol. The number of halogens is 1. The second kappa shape index (κ2) is 12.2. The minimum Gasteiger partial charge on any atom is -0.354 e. The molecule has 3 aromatic carbocycles. The first-order valence-corrected chi connectivity index (χ1v) is 14.5. The fourth-order valence-electron chi connectivity index (χ4n) is 5.08. The summed E-state index contributed by atoms with van der Waals surface area (Å²) in [4.78, 5) is 12.6. The Bertz CT molecular complexity index is 1680. The second-order valence-electron chi connectivity index (χ2n) is 10.4. The van der Waals surface area contributed by atoms with Gasteiger partial charge in [-0.3, -0.25) is 4.99 Å². The Kier molecular flexibility index (Phi) is 8.53. The Balaban J connectivity index is 1.70. The van der Waals surface area contributed by atoms with E-state index in [2.05, 4.69) is 103 Å². The van der Waals surface area contributed by atoms with E-state index in [1.807, 2.05) is 19.1 Å². The van der Waals surface area contributed by atoms with Crippen LogP contribution in [0.25, 0.3) is 28.1 Å². The lowest BCUT2D eigenvalue weighted by molar-refractivity contribution is 0.301. The minimum absolute atomic E-state index is 0.744. The number of para-hydroxylation sites is 2. The maximum atomic E-state index is 6.61. The largest absolute Gasteiger partial charge is 0.354 e. The Morgan fingerprint density at radius 3 is 2.40 bits per heavy atom. The average Bonchev–Trinajstić information content (AvgIpc) is 2.95. The van der Waals surface area contributed by atoms with E-state index in [1.165, 1.54) is 11.1 Å². The lowest BCUT2D eigenvalue weighted by atomic mass is 10.1. The third-order valence-corrected chi connectivity index (χ3v) is 8.11. The standard InChI is InChI=1S/C34H38ClN5/c1-6-39(7-2)18-10-17-36-30-22-34-32(21-31(30)37-26-15-13-23(3)25(5)19-26)38-29-11-8-9-12-33(29)40(34)27-16-14-24(4)28(35)20-27/h8-9,11-16,19-22,37H,6-7,10,17-18H2,1-5H3. The molecule has 1 N–H and O–H groups in total. The summed E-state index contributed by atoms with van der Waals surface area (Å²) in [6.45, 7) is 14.6. The van der Waals surface area contributed by atoms with Crippen molar-refractivity contribution in [2.75, 3.05) is 31.5 Å². The van der Waals surface area contributed by atoms with Crippen molar-refractivity contribution in [3.63, 3.8) is 0 Å². The SMILES string of the molecule is CCN(CC)CCCN=c1cc2n(-c3ccc(C)c(Cl)c3)c3ccccc3nc-2cc1Nc1ccc(C)c(C)c1. The van der Waals surface area contributed by atoms with Gasteiger partial charge in [0.1, 0.15) is 0 Å². The van der Waals surface area contributed by atoms with Crippen LogP contribution in [0, 0.1) is 20.8 Å². The van der Waals surface area contributed by atoms with E-state index in [4.69, 9.17) is 21.6 Å². The van der Waals surface area contributed by atoms with E-state index in [9.17, 15) is 0 Å². The number of nitrogens with zero attached hydrogens (tertiary/aromatic N) is 4. The molecule has 1 aliphatic heterocycles. The minimum atomic E-state index is 0.744. The average molecular weight is 552 g/mol. The van der Waals surface area contributed by atoms with Crippen molar-refractivity contribution < 1.29 is 0 Å². The van der Waals surface area contributed by atoms with Gasteiger partial charge in [0.25, 0.3) is 0 Å². The molecule has 0 aromatic heterocycles. The second-order valence-corrected chi connectivity index (χ2v) is 10.8. The van der Waals surface area contributed by atoms with Crippen molar-refractivity contribution in [1.29, 1.82) is 0 Å². The predicted molar refractivity (Wildman–Crippen MR) is 169 cm³/mol. The number of aromatic nitrogens is 2. The Hall–Kier alpha value is -3.67. The number of anilines is 2. The van der Waals surface area contributed by atoms with Crippen LogP contribution in [0.5, 0.6) is 0 Å². The van der Waals surface area contributed by atoms with Crippen LogP contribution < -0.4 is 10.7 Å². The van der Waals surface area contributed by atoms with E-state index < -0.39 is 0 Å². The highest BCUT2D eigenvalue weighted by Crippen LogP contribution is 2.32. The van der Waals surface area contributed by atoms with Crippen molar-refractivity contribution >= 4 is 34.0 Å². The summed E-state index contributed by atoms with van der Waals surface area (Å²) in [5, 5.41) is 5.32. The van der Waals surface area contributed by atoms with Gasteiger partial charge in [0.2, 0.25) is 0 Å². The van der Waals surface area contributed by atoms with Crippen LogP contribution in [0.15, 0.2) is 77.8 Å². The molecule has 0 atom stereocenters. The Morgan fingerprint density at radius 2 is 1.65 bits per heavy atom. The number of hydrogen-bond donors (Lipinski definition) is 1. The van der Waals surface area contributed by atoms with Crippen LogP contribution in [-0.2, 0) is 0 Å². The van der Waals surface area contributed by atoms with Crippen LogP contribution in [0.4, 0.5) is 11.4 Å². The van der Waals surface area contributed by atoms with E-state index in [0.717, 1.165) is 88.0 Å². The molecule has 0 amide bonds. The van der Waals surface area contributed by atoms with Crippen LogP contribution in [0.3, 0.4) is 0 Å². The van der Waals surface area contributed by atoms with E-state index >= 15 is 0 Å². The summed E-state index contributed by atoms with van der Waals surface area (Å²) in [6.07, 6.45) is 1.01. The number of rotatable bonds is 9. The quantitative estimate of drug-likeness (QED) is 0.149. The van der Waals surface area contributed by atoms with Gasteiger partial charge in [-0.05, 0) is 112 Å². The molecule has 40 heavy (non-hydrogen) atoms. The molecule has 1 heterocycles. The van der Waals surface area contributed by atoms with Gasteiger partial charge in [-0.15, -0.1) is 0 Å². The summed E-state index contributed by atoms with van der Waals surface area (Å²) in [7, 11) is 0. The fourth-order valence-corrected chi connectivity index (χ4v) is 5.25. The topological polar surface area (TPSA) is 45.5 Å². The zero-order valence-electron chi connectivity index (χ0n) is 24.1. The van der Waals surface area contributed by atoms with Crippen molar-refractivity contribution in [2.24, 2.45) is 4.99 Å². The molecule has 0 unspecified atom stereocenters. The third kappa shape index (κ3) is 5.91. The highest BCUT2D eigenvalue weighted by molar-refractivity contribution is 6.31. The molecular formula is C34H38ClN5. The molecule has 6 heteroatoms. The zero-order chi connectivity index (χ0) is 28.2. The molecule has 0 fully saturated rings. The lowest BCUT2D eigenvalue weighted by Gasteiger charge is -2.21. The third-order valence-electron chi connectivity index (χ3n) is 7.71. The van der Waals surface area contributed by atoms with Crippen LogP contribution in [-0.4, -0.2) is 40.6 Å². The normalized spacial score (nSPS) is 12.1. The Labute approximate surface area is 242 Å². The Morgan fingerprint density at radius 1 is 0.875 bits per heavy atom. The van der Waals surface area contributed by atoms with Crippen molar-refractivity contribution in [2.45, 2.75) is 41.0 Å². The van der Waals surface area contributed by atoms with E-state index in [1.54, 1.807) is 0 Å². The van der Waals surface area contributed by atoms with Crippen LogP contribution in [0.1, 0.15) is 37.0 Å². The lowest BCUT2D eigenvalue weighted by Crippen LogP contribution is -2.24. The number of nitrogens with one attached hydrogen (secondary N) is 1. The monoisotopic (exact) mass is 551 g/mol. The first-order chi connectivity index (χ1) is 19.4. The molecule has 3 aromatic rings. The summed E-state index contributed by atoms with van der Waals surface area (Å²) in [6, 6.07) is 25.2. The van der Waals surface area contributed by atoms with Gasteiger partial charge >= 0.3 is 0 Å². The molecule has 5 rings (SSSR count). The van der Waals surface area contributed by atoms with Crippen LogP contribution >= 0.6 is 11.6 Å². The number of fused-ring (bicyclic) bond motifs is 2. The zero-order valence-corrected chi connectivity index (χ0v) is 24.9. The molecule has 0 saturated carbocycles. The van der Waals surface area contributed by atoms with Gasteiger partial charge in [-0.25, -0.2) is 4.98 Å². The van der Waals surface area contributed by atoms with Gasteiger partial charge in [0, 0.05) is 22.9 Å². The maximum absolute atomic E-state index is 6.61. The molecule has 0 spiro atoms. The summed E-state index contributed by atoms with van der Waals surface area (Å²) >= 11 is 6.61. The summed E-state index contributed by atoms with van der Waals surface area (Å²) < 4.78 is 2.25. The van der Waals surface area contributed by atoms with Crippen molar-refractivity contribution in [3.8, 4) is 17.1 Å². The van der Waals surface area contributed by atoms with Crippen molar-refractivity contribution in [1.82, 2.24) is 14.5 Å². The molecule has 0 radical (unpaired) electrons. The first kappa shape index (κ1) is 27.9. The summed E-state index contributed by atoms with van der Waals surface area (Å²) in [5.41, 5.74) is 10.4. The van der Waals surface area contributed by atoms with Gasteiger partial charge in [0.05, 0.1) is 33.5 Å². The van der Waals surface area contributed by atoms with Crippen molar-refractivity contribution in [3.05, 3.63) is 99.9 Å². The fraction of sp³-hybridized carbons (Fsp3) is 0.294. The first-order valence-electron chi connectivity index (χ1n) is 14.2. The number of hydrogen-bond acceptors (Lipinski definition) is 4. The van der Waals surface area contributed by atoms with Gasteiger partial charge in [-0.1, -0.05) is 49.7 Å². The van der Waals surface area contributed by atoms with Crippen LogP contribution in [0.2, 0.25) is 5.02 Å². The number of aryl methyl sites for hydroxylation is 3. The molecule has 2 aliphatic rings.